The zero-order valence-electron chi connectivity index (χ0n) is 14.6. The van der Waals surface area contributed by atoms with Gasteiger partial charge in [0.25, 0.3) is 0 Å². The van der Waals surface area contributed by atoms with Gasteiger partial charge in [0, 0.05) is 21.9 Å². The first-order chi connectivity index (χ1) is 13.7. The summed E-state index contributed by atoms with van der Waals surface area (Å²) in [7, 11) is 0. The Kier molecular flexibility index (Phi) is 4.41. The zero-order chi connectivity index (χ0) is 20.8. The van der Waals surface area contributed by atoms with E-state index in [4.69, 9.17) is 4.42 Å². The summed E-state index contributed by atoms with van der Waals surface area (Å²) in [5, 5.41) is 0.604. The molecular formula is C22H12F6O. The first kappa shape index (κ1) is 19.1. The Labute approximate surface area is 161 Å². The molecule has 4 rings (SSSR count). The molecule has 0 saturated carbocycles. The van der Waals surface area contributed by atoms with E-state index < -0.39 is 23.5 Å². The smallest absolute Gasteiger partial charge is 0.417 e. The highest BCUT2D eigenvalue weighted by Crippen LogP contribution is 2.46. The van der Waals surface area contributed by atoms with E-state index in [1.807, 2.05) is 0 Å². The second-order valence-corrected chi connectivity index (χ2v) is 6.39. The molecule has 0 N–H and O–H groups in total. The predicted molar refractivity (Wildman–Crippen MR) is 97.1 cm³/mol. The minimum absolute atomic E-state index is 0.125. The quantitative estimate of drug-likeness (QED) is 0.310. The summed E-state index contributed by atoms with van der Waals surface area (Å²) in [5.74, 6) is -0.249. The topological polar surface area (TPSA) is 13.1 Å². The Morgan fingerprint density at radius 1 is 0.483 bits per heavy atom. The maximum Gasteiger partial charge on any atom is 0.417 e. The maximum absolute atomic E-state index is 13.5. The molecule has 3 aromatic carbocycles. The summed E-state index contributed by atoms with van der Waals surface area (Å²) >= 11 is 0. The summed E-state index contributed by atoms with van der Waals surface area (Å²) < 4.78 is 86.7. The molecule has 0 aliphatic heterocycles. The third kappa shape index (κ3) is 3.37. The SMILES string of the molecule is FC(F)(F)c1ccccc1-c1oc(-c2ccccc2C(F)(F)F)c2ccccc12. The van der Waals surface area contributed by atoms with Crippen LogP contribution < -0.4 is 0 Å². The fourth-order valence-corrected chi connectivity index (χ4v) is 3.35. The van der Waals surface area contributed by atoms with Crippen molar-refractivity contribution < 1.29 is 30.8 Å². The largest absolute Gasteiger partial charge is 0.455 e. The molecule has 7 heteroatoms. The molecule has 0 bridgehead atoms. The Balaban J connectivity index is 2.05. The van der Waals surface area contributed by atoms with Crippen LogP contribution in [0, 0.1) is 0 Å². The number of furan rings is 1. The fourth-order valence-electron chi connectivity index (χ4n) is 3.35. The van der Waals surface area contributed by atoms with Crippen LogP contribution in [0.4, 0.5) is 26.3 Å². The molecule has 1 nitrogen and oxygen atoms in total. The van der Waals surface area contributed by atoms with Gasteiger partial charge >= 0.3 is 12.4 Å². The van der Waals surface area contributed by atoms with E-state index in [1.54, 1.807) is 12.1 Å². The molecule has 0 amide bonds. The molecule has 0 atom stereocenters. The van der Waals surface area contributed by atoms with Crippen LogP contribution in [-0.2, 0) is 12.4 Å². The second-order valence-electron chi connectivity index (χ2n) is 6.39. The van der Waals surface area contributed by atoms with E-state index in [-0.39, 0.29) is 22.6 Å². The van der Waals surface area contributed by atoms with Crippen molar-refractivity contribution in [1.82, 2.24) is 0 Å². The van der Waals surface area contributed by atoms with Gasteiger partial charge in [-0.3, -0.25) is 0 Å². The zero-order valence-corrected chi connectivity index (χ0v) is 14.6. The third-order valence-corrected chi connectivity index (χ3v) is 4.57. The summed E-state index contributed by atoms with van der Waals surface area (Å²) in [6.07, 6.45) is -9.29. The van der Waals surface area contributed by atoms with Gasteiger partial charge in [0.1, 0.15) is 11.5 Å². The van der Waals surface area contributed by atoms with Gasteiger partial charge in [0.05, 0.1) is 11.1 Å². The van der Waals surface area contributed by atoms with Crippen molar-refractivity contribution in [1.29, 1.82) is 0 Å². The van der Waals surface area contributed by atoms with Crippen LogP contribution in [0.2, 0.25) is 0 Å². The molecule has 0 aliphatic rings. The van der Waals surface area contributed by atoms with E-state index in [1.165, 1.54) is 48.5 Å². The Bertz CT molecular complexity index is 1090. The van der Waals surface area contributed by atoms with Crippen LogP contribution in [0.3, 0.4) is 0 Å². The molecule has 0 radical (unpaired) electrons. The second kappa shape index (κ2) is 6.69. The number of benzene rings is 3. The molecular weight excluding hydrogens is 394 g/mol. The van der Waals surface area contributed by atoms with Gasteiger partial charge in [0.2, 0.25) is 0 Å². The minimum atomic E-state index is -4.64. The molecule has 0 unspecified atom stereocenters. The third-order valence-electron chi connectivity index (χ3n) is 4.57. The van der Waals surface area contributed by atoms with Crippen LogP contribution in [0.1, 0.15) is 11.1 Å². The number of hydrogen-bond donors (Lipinski definition) is 0. The fraction of sp³-hybridized carbons (Fsp3) is 0.0909. The number of rotatable bonds is 2. The van der Waals surface area contributed by atoms with Crippen molar-refractivity contribution in [2.75, 3.05) is 0 Å². The van der Waals surface area contributed by atoms with Crippen molar-refractivity contribution in [3.63, 3.8) is 0 Å². The highest BCUT2D eigenvalue weighted by molar-refractivity contribution is 6.03. The van der Waals surface area contributed by atoms with E-state index >= 15 is 0 Å². The Morgan fingerprint density at radius 2 is 0.828 bits per heavy atom. The average molecular weight is 406 g/mol. The summed E-state index contributed by atoms with van der Waals surface area (Å²) in [6, 6.07) is 15.9. The molecule has 0 aliphatic carbocycles. The lowest BCUT2D eigenvalue weighted by Crippen LogP contribution is -2.07. The van der Waals surface area contributed by atoms with E-state index in [9.17, 15) is 26.3 Å². The van der Waals surface area contributed by atoms with E-state index in [0.29, 0.717) is 10.8 Å². The van der Waals surface area contributed by atoms with Crippen LogP contribution >= 0.6 is 0 Å². The molecule has 4 aromatic rings. The molecule has 29 heavy (non-hydrogen) atoms. The van der Waals surface area contributed by atoms with Crippen molar-refractivity contribution >= 4 is 10.8 Å². The van der Waals surface area contributed by atoms with Crippen LogP contribution in [0.5, 0.6) is 0 Å². The summed E-state index contributed by atoms with van der Waals surface area (Å²) in [6.45, 7) is 0. The van der Waals surface area contributed by atoms with Gasteiger partial charge in [-0.25, -0.2) is 0 Å². The molecule has 148 valence electrons. The standard InChI is InChI=1S/C22H12F6O/c23-21(24,25)17-11-5-3-9-15(17)19-13-7-1-2-8-14(13)20(29-19)16-10-4-6-12-18(16)22(26,27)28/h1-12H. The van der Waals surface area contributed by atoms with Gasteiger partial charge in [-0.2, -0.15) is 26.3 Å². The van der Waals surface area contributed by atoms with Crippen molar-refractivity contribution in [3.8, 4) is 22.6 Å². The molecule has 0 saturated heterocycles. The summed E-state index contributed by atoms with van der Waals surface area (Å²) in [5.41, 5.74) is -2.30. The highest BCUT2D eigenvalue weighted by Gasteiger charge is 2.37. The minimum Gasteiger partial charge on any atom is -0.455 e. The highest BCUT2D eigenvalue weighted by atomic mass is 19.4. The van der Waals surface area contributed by atoms with Crippen molar-refractivity contribution in [2.24, 2.45) is 0 Å². The maximum atomic E-state index is 13.5. The van der Waals surface area contributed by atoms with Gasteiger partial charge < -0.3 is 4.42 Å². The van der Waals surface area contributed by atoms with Gasteiger partial charge in [-0.15, -0.1) is 0 Å². The normalized spacial score (nSPS) is 12.5. The number of hydrogen-bond acceptors (Lipinski definition) is 1. The van der Waals surface area contributed by atoms with Crippen LogP contribution in [0.15, 0.2) is 77.2 Å². The first-order valence-electron chi connectivity index (χ1n) is 8.52. The van der Waals surface area contributed by atoms with Crippen LogP contribution in [0.25, 0.3) is 33.4 Å². The lowest BCUT2D eigenvalue weighted by molar-refractivity contribution is -0.137. The van der Waals surface area contributed by atoms with E-state index in [2.05, 4.69) is 0 Å². The Hall–Kier alpha value is -3.22. The molecule has 1 aromatic heterocycles. The summed E-state index contributed by atoms with van der Waals surface area (Å²) in [4.78, 5) is 0. The number of fused-ring (bicyclic) bond motifs is 1. The average Bonchev–Trinajstić information content (AvgIpc) is 3.06. The Morgan fingerprint density at radius 3 is 1.21 bits per heavy atom. The monoisotopic (exact) mass is 406 g/mol. The molecule has 0 spiro atoms. The van der Waals surface area contributed by atoms with Crippen molar-refractivity contribution in [2.45, 2.75) is 12.4 Å². The number of halogens is 6. The van der Waals surface area contributed by atoms with Crippen molar-refractivity contribution in [3.05, 3.63) is 83.9 Å². The van der Waals surface area contributed by atoms with Gasteiger partial charge in [0.15, 0.2) is 0 Å². The molecule has 0 fully saturated rings. The lowest BCUT2D eigenvalue weighted by atomic mass is 9.99. The van der Waals surface area contributed by atoms with Crippen LogP contribution in [-0.4, -0.2) is 0 Å². The number of alkyl halides is 6. The van der Waals surface area contributed by atoms with Gasteiger partial charge in [-0.05, 0) is 12.1 Å². The lowest BCUT2D eigenvalue weighted by Gasteiger charge is -2.12. The molecule has 1 heterocycles. The predicted octanol–water partition coefficient (Wildman–Crippen LogP) is 7.80. The van der Waals surface area contributed by atoms with E-state index in [0.717, 1.165) is 12.1 Å². The first-order valence-corrected chi connectivity index (χ1v) is 8.52. The van der Waals surface area contributed by atoms with Gasteiger partial charge in [-0.1, -0.05) is 60.7 Å².